The Hall–Kier alpha value is -1.32. The van der Waals surface area contributed by atoms with Crippen molar-refractivity contribution >= 4 is 20.5 Å². The van der Waals surface area contributed by atoms with Crippen LogP contribution in [0.1, 0.15) is 82.6 Å². The summed E-state index contributed by atoms with van der Waals surface area (Å²) >= 11 is 0. The minimum Gasteiger partial charge on any atom is -0.449 e. The Labute approximate surface area is 201 Å². The summed E-state index contributed by atoms with van der Waals surface area (Å²) in [7, 11) is -2.10. The first-order valence-electron chi connectivity index (χ1n) is 12.2. The molecule has 1 heterocycles. The number of carbonyl (C=O) groups excluding carboxylic acids is 2. The second-order valence-electron chi connectivity index (χ2n) is 11.9. The minimum atomic E-state index is -2.10. The van der Waals surface area contributed by atoms with Crippen molar-refractivity contribution in [3.63, 3.8) is 0 Å². The van der Waals surface area contributed by atoms with E-state index >= 15 is 0 Å². The summed E-state index contributed by atoms with van der Waals surface area (Å²) < 4.78 is 17.2. The fraction of sp³-hybridized carbons (Fsp3) is 0.917. The quantitative estimate of drug-likeness (QED) is 0.375. The Kier molecular flexibility index (Phi) is 10.3. The lowest BCUT2D eigenvalue weighted by Gasteiger charge is -2.44. The monoisotopic (exact) mass is 488 g/mol. The molecule has 0 aromatic carbocycles. The molecule has 1 rings (SSSR count). The summed E-state index contributed by atoms with van der Waals surface area (Å²) in [4.78, 5) is 24.5. The Balaban J connectivity index is 3.10. The number of amides is 2. The largest absolute Gasteiger partial charge is 0.449 e. The van der Waals surface area contributed by atoms with Crippen LogP contribution in [0.2, 0.25) is 16.6 Å². The van der Waals surface area contributed by atoms with Gasteiger partial charge in [-0.1, -0.05) is 55.4 Å². The highest BCUT2D eigenvalue weighted by molar-refractivity contribution is 6.77. The van der Waals surface area contributed by atoms with E-state index in [9.17, 15) is 14.7 Å². The SMILES string of the molecule is CC(C)[Si](OCC[C@H](NC(=O)OC(C)(C)C)[C@@H](O)[C@H]1NC(=O)OCC1(C)C)(C(C)C)C(C)C. The number of carbonyl (C=O) groups is 2. The summed E-state index contributed by atoms with van der Waals surface area (Å²) in [6.07, 6.45) is -1.83. The molecule has 9 heteroatoms. The fourth-order valence-electron chi connectivity index (χ4n) is 5.14. The van der Waals surface area contributed by atoms with Crippen LogP contribution in [0.15, 0.2) is 0 Å². The molecule has 1 aliphatic rings. The standard InChI is InChI=1S/C24H48N2O6Si/c1-15(2)33(16(3)4,17(5)6)31-13-12-18(25-22(29)32-23(7,8)9)19(27)20-24(10,11)14-30-21(28)26-20/h15-20,27H,12-14H2,1-11H3,(H,25,29)(H,26,28)/t18-,19+,20+/m0/s1. The van der Waals surface area contributed by atoms with Crippen LogP contribution in [0.5, 0.6) is 0 Å². The van der Waals surface area contributed by atoms with Crippen LogP contribution >= 0.6 is 0 Å². The van der Waals surface area contributed by atoms with Gasteiger partial charge in [0.2, 0.25) is 0 Å². The summed E-state index contributed by atoms with van der Waals surface area (Å²) in [6, 6.07) is -1.26. The van der Waals surface area contributed by atoms with Crippen molar-refractivity contribution in [2.75, 3.05) is 13.2 Å². The van der Waals surface area contributed by atoms with Crippen molar-refractivity contribution in [1.29, 1.82) is 0 Å². The first kappa shape index (κ1) is 29.7. The lowest BCUT2D eigenvalue weighted by Crippen LogP contribution is -2.63. The third-order valence-electron chi connectivity index (χ3n) is 6.63. The van der Waals surface area contributed by atoms with Crippen molar-refractivity contribution in [3.8, 4) is 0 Å². The van der Waals surface area contributed by atoms with Crippen LogP contribution in [0.25, 0.3) is 0 Å². The fourth-order valence-corrected chi connectivity index (χ4v) is 10.6. The number of aliphatic hydroxyl groups is 1. The highest BCUT2D eigenvalue weighted by Crippen LogP contribution is 2.42. The van der Waals surface area contributed by atoms with Crippen LogP contribution in [-0.2, 0) is 13.9 Å². The molecule has 0 saturated carbocycles. The zero-order valence-corrected chi connectivity index (χ0v) is 23.6. The molecule has 194 valence electrons. The molecule has 0 spiro atoms. The summed E-state index contributed by atoms with van der Waals surface area (Å²) in [5.41, 5.74) is 0.0845. The number of hydrogen-bond donors (Lipinski definition) is 3. The predicted molar refractivity (Wildman–Crippen MR) is 133 cm³/mol. The number of ether oxygens (including phenoxy) is 2. The van der Waals surface area contributed by atoms with E-state index in [0.29, 0.717) is 29.7 Å². The predicted octanol–water partition coefficient (Wildman–Crippen LogP) is 4.96. The molecule has 3 N–H and O–H groups in total. The van der Waals surface area contributed by atoms with Crippen molar-refractivity contribution in [3.05, 3.63) is 0 Å². The molecule has 0 bridgehead atoms. The molecule has 0 radical (unpaired) electrons. The van der Waals surface area contributed by atoms with Crippen molar-refractivity contribution in [1.82, 2.24) is 10.6 Å². The maximum absolute atomic E-state index is 12.6. The topological polar surface area (TPSA) is 106 Å². The van der Waals surface area contributed by atoms with Crippen LogP contribution in [0, 0.1) is 5.41 Å². The van der Waals surface area contributed by atoms with Gasteiger partial charge in [0.1, 0.15) is 12.2 Å². The Morgan fingerprint density at radius 2 is 1.70 bits per heavy atom. The van der Waals surface area contributed by atoms with Crippen molar-refractivity contribution in [2.24, 2.45) is 5.41 Å². The van der Waals surface area contributed by atoms with Gasteiger partial charge in [0.25, 0.3) is 0 Å². The third-order valence-corrected chi connectivity index (χ3v) is 12.8. The van der Waals surface area contributed by atoms with Crippen LogP contribution in [0.3, 0.4) is 0 Å². The molecule has 0 aromatic heterocycles. The maximum Gasteiger partial charge on any atom is 0.407 e. The Morgan fingerprint density at radius 3 is 2.15 bits per heavy atom. The Morgan fingerprint density at radius 1 is 1.18 bits per heavy atom. The van der Waals surface area contributed by atoms with Gasteiger partial charge in [-0.15, -0.1) is 0 Å². The van der Waals surface area contributed by atoms with Gasteiger partial charge >= 0.3 is 12.2 Å². The van der Waals surface area contributed by atoms with Gasteiger partial charge in [-0.05, 0) is 43.8 Å². The van der Waals surface area contributed by atoms with Gasteiger partial charge in [-0.3, -0.25) is 0 Å². The molecule has 8 nitrogen and oxygen atoms in total. The second-order valence-corrected chi connectivity index (χ2v) is 17.3. The van der Waals surface area contributed by atoms with Crippen LogP contribution < -0.4 is 10.6 Å². The molecule has 1 saturated heterocycles. The molecule has 1 fully saturated rings. The van der Waals surface area contributed by atoms with Crippen LogP contribution in [0.4, 0.5) is 9.59 Å². The molecule has 0 unspecified atom stereocenters. The van der Waals surface area contributed by atoms with Gasteiger partial charge in [0, 0.05) is 12.0 Å². The summed E-state index contributed by atoms with van der Waals surface area (Å²) in [5, 5.41) is 16.9. The number of cyclic esters (lactones) is 1. The van der Waals surface area contributed by atoms with E-state index in [2.05, 4.69) is 52.2 Å². The average molecular weight is 489 g/mol. The average Bonchev–Trinajstić information content (AvgIpc) is 2.63. The molecule has 2 amide bonds. The highest BCUT2D eigenvalue weighted by Gasteiger charge is 2.47. The van der Waals surface area contributed by atoms with E-state index in [1.54, 1.807) is 20.8 Å². The number of alkyl carbamates (subject to hydrolysis) is 2. The lowest BCUT2D eigenvalue weighted by molar-refractivity contribution is -0.0285. The zero-order chi connectivity index (χ0) is 25.8. The minimum absolute atomic E-state index is 0.181. The number of aliphatic hydroxyl groups excluding tert-OH is 1. The normalized spacial score (nSPS) is 20.9. The lowest BCUT2D eigenvalue weighted by atomic mass is 9.79. The highest BCUT2D eigenvalue weighted by atomic mass is 28.4. The zero-order valence-electron chi connectivity index (χ0n) is 22.6. The number of hydrogen-bond acceptors (Lipinski definition) is 6. The van der Waals surface area contributed by atoms with Gasteiger partial charge in [0.05, 0.1) is 18.2 Å². The molecule has 1 aliphatic heterocycles. The smallest absolute Gasteiger partial charge is 0.407 e. The van der Waals surface area contributed by atoms with Gasteiger partial charge < -0.3 is 29.6 Å². The van der Waals surface area contributed by atoms with E-state index in [-0.39, 0.29) is 6.61 Å². The van der Waals surface area contributed by atoms with E-state index in [1.807, 2.05) is 13.8 Å². The summed E-state index contributed by atoms with van der Waals surface area (Å²) in [5.74, 6) is 0. The molecule has 0 aliphatic carbocycles. The molecule has 33 heavy (non-hydrogen) atoms. The number of nitrogens with one attached hydrogen (secondary N) is 2. The number of rotatable bonds is 10. The van der Waals surface area contributed by atoms with E-state index in [4.69, 9.17) is 13.9 Å². The second kappa shape index (κ2) is 11.4. The molecular formula is C24H48N2O6Si. The first-order valence-corrected chi connectivity index (χ1v) is 14.3. The maximum atomic E-state index is 12.6. The van der Waals surface area contributed by atoms with E-state index in [1.165, 1.54) is 0 Å². The summed E-state index contributed by atoms with van der Waals surface area (Å²) in [6.45, 7) is 23.1. The van der Waals surface area contributed by atoms with Gasteiger partial charge in [0.15, 0.2) is 8.32 Å². The van der Waals surface area contributed by atoms with E-state index < -0.39 is 49.7 Å². The first-order chi connectivity index (χ1) is 14.9. The molecule has 3 atom stereocenters. The van der Waals surface area contributed by atoms with Crippen molar-refractivity contribution in [2.45, 2.75) is 123 Å². The molecule has 0 aromatic rings. The van der Waals surface area contributed by atoms with E-state index in [0.717, 1.165) is 0 Å². The van der Waals surface area contributed by atoms with Crippen molar-refractivity contribution < 1.29 is 28.6 Å². The Bertz CT molecular complexity index is 638. The van der Waals surface area contributed by atoms with Crippen LogP contribution in [-0.4, -0.2) is 62.6 Å². The van der Waals surface area contributed by atoms with Gasteiger partial charge in [-0.25, -0.2) is 9.59 Å². The molecular weight excluding hydrogens is 440 g/mol. The van der Waals surface area contributed by atoms with Gasteiger partial charge in [-0.2, -0.15) is 0 Å². The third kappa shape index (κ3) is 7.85.